The van der Waals surface area contributed by atoms with E-state index < -0.39 is 6.10 Å². The lowest BCUT2D eigenvalue weighted by Gasteiger charge is -2.27. The lowest BCUT2D eigenvalue weighted by molar-refractivity contribution is 0.203. The van der Waals surface area contributed by atoms with Crippen molar-refractivity contribution in [3.8, 4) is 5.75 Å². The van der Waals surface area contributed by atoms with Crippen LogP contribution in [0.15, 0.2) is 24.3 Å². The molecular formula is C16H24O2S. The van der Waals surface area contributed by atoms with Crippen LogP contribution in [-0.2, 0) is 0 Å². The summed E-state index contributed by atoms with van der Waals surface area (Å²) in [6.07, 6.45) is 4.93. The predicted molar refractivity (Wildman–Crippen MR) is 81.8 cm³/mol. The van der Waals surface area contributed by atoms with Crippen LogP contribution in [0.25, 0.3) is 0 Å². The lowest BCUT2D eigenvalue weighted by Crippen LogP contribution is -2.16. The summed E-state index contributed by atoms with van der Waals surface area (Å²) in [6.45, 7) is 2.34. The molecule has 1 saturated carbocycles. The van der Waals surface area contributed by atoms with E-state index in [4.69, 9.17) is 4.74 Å². The standard InChI is InChI=1S/C16H24O2S/c1-12-5-3-8-15(9-12)19-11-16(17)13-6-4-7-14(10-13)18-2/h4,6-7,10,12,15-17H,3,5,8-9,11H2,1-2H3. The van der Waals surface area contributed by atoms with E-state index in [2.05, 4.69) is 6.92 Å². The van der Waals surface area contributed by atoms with Gasteiger partial charge in [-0.2, -0.15) is 11.8 Å². The van der Waals surface area contributed by atoms with Crippen LogP contribution >= 0.6 is 11.8 Å². The average Bonchev–Trinajstić information content (AvgIpc) is 2.45. The molecule has 0 bridgehead atoms. The number of benzene rings is 1. The van der Waals surface area contributed by atoms with Crippen molar-refractivity contribution >= 4 is 11.8 Å². The van der Waals surface area contributed by atoms with Crippen molar-refractivity contribution in [2.75, 3.05) is 12.9 Å². The molecule has 3 heteroatoms. The van der Waals surface area contributed by atoms with E-state index in [9.17, 15) is 5.11 Å². The summed E-state index contributed by atoms with van der Waals surface area (Å²) in [5, 5.41) is 11.0. The molecule has 1 aliphatic rings. The zero-order chi connectivity index (χ0) is 13.7. The highest BCUT2D eigenvalue weighted by Gasteiger charge is 2.20. The first kappa shape index (κ1) is 14.7. The highest BCUT2D eigenvalue weighted by Crippen LogP contribution is 2.34. The fourth-order valence-electron chi connectivity index (χ4n) is 2.70. The van der Waals surface area contributed by atoms with Crippen LogP contribution in [0.1, 0.15) is 44.3 Å². The first-order valence-corrected chi connectivity index (χ1v) is 8.17. The molecule has 1 aromatic carbocycles. The van der Waals surface area contributed by atoms with Crippen LogP contribution in [-0.4, -0.2) is 23.2 Å². The van der Waals surface area contributed by atoms with Crippen molar-refractivity contribution in [2.45, 2.75) is 44.0 Å². The van der Waals surface area contributed by atoms with Crippen molar-refractivity contribution in [2.24, 2.45) is 5.92 Å². The first-order valence-electron chi connectivity index (χ1n) is 7.12. The number of thioether (sulfide) groups is 1. The summed E-state index contributed by atoms with van der Waals surface area (Å²) in [7, 11) is 1.66. The van der Waals surface area contributed by atoms with Gasteiger partial charge in [-0.25, -0.2) is 0 Å². The summed E-state index contributed by atoms with van der Waals surface area (Å²) in [5.41, 5.74) is 0.954. The number of hydrogen-bond acceptors (Lipinski definition) is 3. The molecule has 1 aliphatic carbocycles. The Morgan fingerprint density at radius 2 is 2.26 bits per heavy atom. The van der Waals surface area contributed by atoms with Crippen LogP contribution < -0.4 is 4.74 Å². The van der Waals surface area contributed by atoms with Gasteiger partial charge in [0.2, 0.25) is 0 Å². The molecule has 1 N–H and O–H groups in total. The molecule has 3 atom stereocenters. The zero-order valence-corrected chi connectivity index (χ0v) is 12.7. The van der Waals surface area contributed by atoms with Gasteiger partial charge in [-0.3, -0.25) is 0 Å². The predicted octanol–water partition coefficient (Wildman–Crippen LogP) is 4.04. The van der Waals surface area contributed by atoms with Gasteiger partial charge >= 0.3 is 0 Å². The topological polar surface area (TPSA) is 29.5 Å². The van der Waals surface area contributed by atoms with E-state index in [0.717, 1.165) is 28.2 Å². The SMILES string of the molecule is COc1cccc(C(O)CSC2CCCC(C)C2)c1. The lowest BCUT2D eigenvalue weighted by atomic mass is 9.91. The van der Waals surface area contributed by atoms with Crippen molar-refractivity contribution in [3.05, 3.63) is 29.8 Å². The maximum absolute atomic E-state index is 10.3. The normalized spacial score (nSPS) is 25.0. The number of aliphatic hydroxyl groups is 1. The molecule has 0 aromatic heterocycles. The zero-order valence-electron chi connectivity index (χ0n) is 11.8. The van der Waals surface area contributed by atoms with Gasteiger partial charge in [0.25, 0.3) is 0 Å². The molecule has 2 nitrogen and oxygen atoms in total. The number of hydrogen-bond donors (Lipinski definition) is 1. The molecule has 0 aliphatic heterocycles. The molecule has 0 heterocycles. The summed E-state index contributed by atoms with van der Waals surface area (Å²) in [6, 6.07) is 7.74. The van der Waals surface area contributed by atoms with Gasteiger partial charge in [-0.05, 0) is 36.5 Å². The van der Waals surface area contributed by atoms with Crippen LogP contribution in [0, 0.1) is 5.92 Å². The molecule has 3 unspecified atom stereocenters. The van der Waals surface area contributed by atoms with Crippen molar-refractivity contribution in [1.82, 2.24) is 0 Å². The number of methoxy groups -OCH3 is 1. The van der Waals surface area contributed by atoms with Gasteiger partial charge in [0, 0.05) is 11.0 Å². The molecule has 2 rings (SSSR count). The molecule has 0 radical (unpaired) electrons. The Balaban J connectivity index is 1.84. The molecule has 106 valence electrons. The Bertz CT molecular complexity index is 394. The molecule has 0 saturated heterocycles. The fraction of sp³-hybridized carbons (Fsp3) is 0.625. The fourth-order valence-corrected chi connectivity index (χ4v) is 4.15. The minimum absolute atomic E-state index is 0.391. The second-order valence-electron chi connectivity index (χ2n) is 5.52. The molecule has 1 fully saturated rings. The van der Waals surface area contributed by atoms with Crippen LogP contribution in [0.3, 0.4) is 0 Å². The molecule has 1 aromatic rings. The summed E-state index contributed by atoms with van der Waals surface area (Å²) < 4.78 is 5.20. The van der Waals surface area contributed by atoms with E-state index >= 15 is 0 Å². The average molecular weight is 280 g/mol. The smallest absolute Gasteiger partial charge is 0.119 e. The number of aliphatic hydroxyl groups excluding tert-OH is 1. The molecule has 0 spiro atoms. The Hall–Kier alpha value is -0.670. The Labute approximate surface area is 120 Å². The maximum Gasteiger partial charge on any atom is 0.119 e. The Kier molecular flexibility index (Phi) is 5.59. The summed E-state index contributed by atoms with van der Waals surface area (Å²) >= 11 is 1.93. The third-order valence-corrected chi connectivity index (χ3v) is 5.26. The Morgan fingerprint density at radius 1 is 1.42 bits per heavy atom. The minimum atomic E-state index is -0.391. The van der Waals surface area contributed by atoms with Crippen LogP contribution in [0.4, 0.5) is 0 Å². The third kappa shape index (κ3) is 4.43. The largest absolute Gasteiger partial charge is 0.497 e. The highest BCUT2D eigenvalue weighted by molar-refractivity contribution is 7.99. The van der Waals surface area contributed by atoms with Gasteiger partial charge in [0.05, 0.1) is 13.2 Å². The van der Waals surface area contributed by atoms with E-state index in [1.807, 2.05) is 36.0 Å². The van der Waals surface area contributed by atoms with Gasteiger partial charge in [0.15, 0.2) is 0 Å². The quantitative estimate of drug-likeness (QED) is 0.882. The molecule has 19 heavy (non-hydrogen) atoms. The van der Waals surface area contributed by atoms with E-state index in [-0.39, 0.29) is 0 Å². The third-order valence-electron chi connectivity index (χ3n) is 3.86. The monoisotopic (exact) mass is 280 g/mol. The second kappa shape index (κ2) is 7.20. The van der Waals surface area contributed by atoms with Gasteiger partial charge < -0.3 is 9.84 Å². The highest BCUT2D eigenvalue weighted by atomic mass is 32.2. The number of rotatable bonds is 5. The van der Waals surface area contributed by atoms with E-state index in [1.54, 1.807) is 7.11 Å². The summed E-state index contributed by atoms with van der Waals surface area (Å²) in [5.74, 6) is 2.44. The minimum Gasteiger partial charge on any atom is -0.497 e. The first-order chi connectivity index (χ1) is 9.19. The maximum atomic E-state index is 10.3. The van der Waals surface area contributed by atoms with Crippen LogP contribution in [0.5, 0.6) is 5.75 Å². The second-order valence-corrected chi connectivity index (χ2v) is 6.85. The molecule has 0 amide bonds. The van der Waals surface area contributed by atoms with Crippen molar-refractivity contribution in [1.29, 1.82) is 0 Å². The van der Waals surface area contributed by atoms with Crippen molar-refractivity contribution < 1.29 is 9.84 Å². The van der Waals surface area contributed by atoms with Gasteiger partial charge in [0.1, 0.15) is 5.75 Å². The van der Waals surface area contributed by atoms with Crippen LogP contribution in [0.2, 0.25) is 0 Å². The van der Waals surface area contributed by atoms with E-state index in [0.29, 0.717) is 0 Å². The summed E-state index contributed by atoms with van der Waals surface area (Å²) in [4.78, 5) is 0. The Morgan fingerprint density at radius 3 is 3.00 bits per heavy atom. The molecular weight excluding hydrogens is 256 g/mol. The number of ether oxygens (including phenoxy) is 1. The van der Waals surface area contributed by atoms with E-state index in [1.165, 1.54) is 25.7 Å². The van der Waals surface area contributed by atoms with Gasteiger partial charge in [-0.1, -0.05) is 31.9 Å². The van der Waals surface area contributed by atoms with Crippen molar-refractivity contribution in [3.63, 3.8) is 0 Å². The van der Waals surface area contributed by atoms with Gasteiger partial charge in [-0.15, -0.1) is 0 Å².